The van der Waals surface area contributed by atoms with Crippen LogP contribution >= 0.6 is 0 Å². The molecule has 1 amide bonds. The Kier molecular flexibility index (Phi) is 3.96. The number of carbonyl (C=O) groups is 1. The fraction of sp³-hybridized carbons (Fsp3) is 0.700. The van der Waals surface area contributed by atoms with E-state index in [1.165, 1.54) is 0 Å². The van der Waals surface area contributed by atoms with Crippen molar-refractivity contribution in [1.82, 2.24) is 5.32 Å². The van der Waals surface area contributed by atoms with Crippen LogP contribution in [0.5, 0.6) is 0 Å². The van der Waals surface area contributed by atoms with Gasteiger partial charge in [-0.1, -0.05) is 19.8 Å². The molecule has 0 radical (unpaired) electrons. The van der Waals surface area contributed by atoms with E-state index in [4.69, 9.17) is 12.2 Å². The van der Waals surface area contributed by atoms with Crippen LogP contribution in [0.25, 0.3) is 0 Å². The van der Waals surface area contributed by atoms with E-state index in [0.29, 0.717) is 0 Å². The van der Waals surface area contributed by atoms with E-state index < -0.39 is 5.54 Å². The molecule has 3 nitrogen and oxygen atoms in total. The Morgan fingerprint density at radius 2 is 2.00 bits per heavy atom. The molecule has 13 heavy (non-hydrogen) atoms. The molecule has 1 atom stereocenters. The van der Waals surface area contributed by atoms with Crippen molar-refractivity contribution in [1.29, 1.82) is 0 Å². The highest BCUT2D eigenvalue weighted by atomic mass is 16.2. The number of nitrogens with two attached hydrogens (primary N) is 1. The number of amides is 1. The Labute approximate surface area is 80.1 Å². The largest absolute Gasteiger partial charge is 0.341 e. The molecular formula is C10H18N2O. The Balaban J connectivity index is 4.29. The third kappa shape index (κ3) is 3.95. The van der Waals surface area contributed by atoms with Gasteiger partial charge in [0.2, 0.25) is 5.91 Å². The van der Waals surface area contributed by atoms with E-state index in [2.05, 4.69) is 11.2 Å². The summed E-state index contributed by atoms with van der Waals surface area (Å²) in [5, 5.41) is 2.71. The highest BCUT2D eigenvalue weighted by molar-refractivity contribution is 5.85. The van der Waals surface area contributed by atoms with Gasteiger partial charge in [0, 0.05) is 0 Å². The van der Waals surface area contributed by atoms with Crippen LogP contribution in [0.15, 0.2) is 0 Å². The lowest BCUT2D eigenvalue weighted by atomic mass is 10.0. The molecule has 1 unspecified atom stereocenters. The van der Waals surface area contributed by atoms with Crippen LogP contribution in [-0.2, 0) is 4.79 Å². The Morgan fingerprint density at radius 1 is 1.54 bits per heavy atom. The standard InChI is InChI=1S/C10H18N2O/c1-6-8(7(2)3)12-9(13)10(4,5)11/h1,7-8H,11H2,2-5H3,(H,12,13). The Hall–Kier alpha value is -1.01. The monoisotopic (exact) mass is 182 g/mol. The maximum absolute atomic E-state index is 11.4. The third-order valence-electron chi connectivity index (χ3n) is 1.72. The first-order chi connectivity index (χ1) is 5.79. The zero-order chi connectivity index (χ0) is 10.6. The average Bonchev–Trinajstić information content (AvgIpc) is 1.96. The van der Waals surface area contributed by atoms with Crippen LogP contribution in [0, 0.1) is 18.3 Å². The first kappa shape index (κ1) is 12.0. The zero-order valence-corrected chi connectivity index (χ0v) is 8.72. The van der Waals surface area contributed by atoms with E-state index >= 15 is 0 Å². The number of hydrogen-bond acceptors (Lipinski definition) is 2. The fourth-order valence-corrected chi connectivity index (χ4v) is 0.728. The molecule has 0 heterocycles. The molecule has 0 aromatic carbocycles. The zero-order valence-electron chi connectivity index (χ0n) is 8.72. The van der Waals surface area contributed by atoms with E-state index in [9.17, 15) is 4.79 Å². The summed E-state index contributed by atoms with van der Waals surface area (Å²) >= 11 is 0. The van der Waals surface area contributed by atoms with Gasteiger partial charge in [0.05, 0.1) is 11.6 Å². The normalized spacial score (nSPS) is 13.6. The topological polar surface area (TPSA) is 55.1 Å². The summed E-state index contributed by atoms with van der Waals surface area (Å²) in [5.41, 5.74) is 4.73. The number of terminal acetylenes is 1. The second-order valence-corrected chi connectivity index (χ2v) is 4.08. The molecule has 3 heteroatoms. The average molecular weight is 182 g/mol. The van der Waals surface area contributed by atoms with Gasteiger partial charge in [-0.3, -0.25) is 4.79 Å². The summed E-state index contributed by atoms with van der Waals surface area (Å²) in [5.74, 6) is 2.52. The van der Waals surface area contributed by atoms with Crippen molar-refractivity contribution in [2.45, 2.75) is 39.3 Å². The van der Waals surface area contributed by atoms with Crippen LogP contribution in [0.3, 0.4) is 0 Å². The Morgan fingerprint density at radius 3 is 2.23 bits per heavy atom. The van der Waals surface area contributed by atoms with Gasteiger partial charge < -0.3 is 11.1 Å². The van der Waals surface area contributed by atoms with E-state index in [0.717, 1.165) is 0 Å². The number of hydrogen-bond donors (Lipinski definition) is 2. The fourth-order valence-electron chi connectivity index (χ4n) is 0.728. The first-order valence-corrected chi connectivity index (χ1v) is 4.35. The lowest BCUT2D eigenvalue weighted by Crippen LogP contribution is -2.52. The highest BCUT2D eigenvalue weighted by Gasteiger charge is 2.24. The van der Waals surface area contributed by atoms with Crippen molar-refractivity contribution < 1.29 is 4.79 Å². The van der Waals surface area contributed by atoms with E-state index in [-0.39, 0.29) is 17.9 Å². The molecule has 0 aliphatic heterocycles. The van der Waals surface area contributed by atoms with Crippen LogP contribution in [0.1, 0.15) is 27.7 Å². The van der Waals surface area contributed by atoms with Gasteiger partial charge in [0.15, 0.2) is 0 Å². The van der Waals surface area contributed by atoms with Gasteiger partial charge in [-0.2, -0.15) is 0 Å². The van der Waals surface area contributed by atoms with Crippen molar-refractivity contribution in [2.75, 3.05) is 0 Å². The van der Waals surface area contributed by atoms with Gasteiger partial charge in [-0.25, -0.2) is 0 Å². The lowest BCUT2D eigenvalue weighted by molar-refractivity contribution is -0.125. The van der Waals surface area contributed by atoms with Gasteiger partial charge in [-0.05, 0) is 19.8 Å². The second-order valence-electron chi connectivity index (χ2n) is 4.08. The minimum absolute atomic E-state index is 0.218. The minimum Gasteiger partial charge on any atom is -0.341 e. The smallest absolute Gasteiger partial charge is 0.240 e. The summed E-state index contributed by atoms with van der Waals surface area (Å²) in [6, 6.07) is -0.240. The minimum atomic E-state index is -0.871. The molecule has 0 aromatic heterocycles. The van der Waals surface area contributed by atoms with Crippen molar-refractivity contribution >= 4 is 5.91 Å². The SMILES string of the molecule is C#CC(NC(=O)C(C)(C)N)C(C)C. The molecule has 0 rings (SSSR count). The third-order valence-corrected chi connectivity index (χ3v) is 1.72. The van der Waals surface area contributed by atoms with Crippen LogP contribution in [0.2, 0.25) is 0 Å². The van der Waals surface area contributed by atoms with Crippen molar-refractivity contribution in [3.05, 3.63) is 0 Å². The molecular weight excluding hydrogens is 164 g/mol. The van der Waals surface area contributed by atoms with E-state index in [1.54, 1.807) is 13.8 Å². The molecule has 0 aromatic rings. The van der Waals surface area contributed by atoms with Crippen molar-refractivity contribution in [3.8, 4) is 12.3 Å². The summed E-state index contributed by atoms with van der Waals surface area (Å²) in [4.78, 5) is 11.4. The predicted molar refractivity (Wildman–Crippen MR) is 53.9 cm³/mol. The molecule has 0 aliphatic carbocycles. The van der Waals surface area contributed by atoms with Crippen LogP contribution in [0.4, 0.5) is 0 Å². The van der Waals surface area contributed by atoms with Gasteiger partial charge in [-0.15, -0.1) is 6.42 Å². The van der Waals surface area contributed by atoms with Gasteiger partial charge in [0.25, 0.3) is 0 Å². The number of rotatable bonds is 3. The molecule has 0 bridgehead atoms. The summed E-state index contributed by atoms with van der Waals surface area (Å²) < 4.78 is 0. The van der Waals surface area contributed by atoms with Crippen molar-refractivity contribution in [3.63, 3.8) is 0 Å². The summed E-state index contributed by atoms with van der Waals surface area (Å²) in [7, 11) is 0. The molecule has 0 fully saturated rings. The molecule has 0 aliphatic rings. The lowest BCUT2D eigenvalue weighted by Gasteiger charge is -2.23. The Bertz CT molecular complexity index is 220. The first-order valence-electron chi connectivity index (χ1n) is 4.35. The van der Waals surface area contributed by atoms with Crippen LogP contribution < -0.4 is 11.1 Å². The van der Waals surface area contributed by atoms with Crippen LogP contribution in [-0.4, -0.2) is 17.5 Å². The van der Waals surface area contributed by atoms with Crippen molar-refractivity contribution in [2.24, 2.45) is 11.7 Å². The maximum atomic E-state index is 11.4. The number of carbonyl (C=O) groups excluding carboxylic acids is 1. The summed E-state index contributed by atoms with van der Waals surface area (Å²) in [6.45, 7) is 7.20. The molecule has 74 valence electrons. The van der Waals surface area contributed by atoms with Gasteiger partial charge >= 0.3 is 0 Å². The quantitative estimate of drug-likeness (QED) is 0.624. The van der Waals surface area contributed by atoms with E-state index in [1.807, 2.05) is 13.8 Å². The number of nitrogens with one attached hydrogen (secondary N) is 1. The predicted octanol–water partition coefficient (Wildman–Crippen LogP) is 0.498. The second kappa shape index (κ2) is 4.29. The van der Waals surface area contributed by atoms with Gasteiger partial charge in [0.1, 0.15) is 0 Å². The molecule has 0 saturated heterocycles. The maximum Gasteiger partial charge on any atom is 0.240 e. The summed E-state index contributed by atoms with van der Waals surface area (Å²) in [6.07, 6.45) is 5.26. The molecule has 3 N–H and O–H groups in total. The highest BCUT2D eigenvalue weighted by Crippen LogP contribution is 2.03. The molecule has 0 saturated carbocycles. The molecule has 0 spiro atoms.